The van der Waals surface area contributed by atoms with Crippen LogP contribution in [0.1, 0.15) is 49.9 Å². The van der Waals surface area contributed by atoms with Gasteiger partial charge in [0, 0.05) is 20.0 Å². The number of carbonyl (C=O) groups excluding carboxylic acids is 2. The van der Waals surface area contributed by atoms with E-state index in [2.05, 4.69) is 36.5 Å². The molecular formula is C23H30N2O2. The largest absolute Gasteiger partial charge is 0.341 e. The maximum atomic E-state index is 13.1. The summed E-state index contributed by atoms with van der Waals surface area (Å²) in [5.74, 6) is 0.0251. The van der Waals surface area contributed by atoms with Crippen molar-refractivity contribution >= 4 is 11.8 Å². The Hall–Kier alpha value is -2.62. The fourth-order valence-corrected chi connectivity index (χ4v) is 2.98. The number of hydrogen-bond donors (Lipinski definition) is 1. The number of rotatable bonds is 8. The van der Waals surface area contributed by atoms with Crippen molar-refractivity contribution in [1.82, 2.24) is 10.2 Å². The van der Waals surface area contributed by atoms with Crippen molar-refractivity contribution in [3.05, 3.63) is 71.3 Å². The van der Waals surface area contributed by atoms with Gasteiger partial charge in [-0.2, -0.15) is 0 Å². The summed E-state index contributed by atoms with van der Waals surface area (Å²) in [5, 5.41) is 2.92. The number of nitrogens with one attached hydrogen (secondary N) is 1. The minimum Gasteiger partial charge on any atom is -0.341 e. The molecule has 0 saturated carbocycles. The number of amides is 2. The van der Waals surface area contributed by atoms with Crippen LogP contribution in [0.15, 0.2) is 54.6 Å². The molecule has 2 aromatic carbocycles. The van der Waals surface area contributed by atoms with E-state index >= 15 is 0 Å². The summed E-state index contributed by atoms with van der Waals surface area (Å²) in [5.41, 5.74) is 3.15. The topological polar surface area (TPSA) is 49.4 Å². The third-order valence-electron chi connectivity index (χ3n) is 4.51. The number of carbonyl (C=O) groups is 2. The van der Waals surface area contributed by atoms with Crippen LogP contribution in [0.3, 0.4) is 0 Å². The first-order chi connectivity index (χ1) is 12.9. The summed E-state index contributed by atoms with van der Waals surface area (Å²) in [6.07, 6.45) is 1.39. The molecule has 0 fully saturated rings. The van der Waals surface area contributed by atoms with Crippen LogP contribution < -0.4 is 5.32 Å². The van der Waals surface area contributed by atoms with Crippen LogP contribution in [0.4, 0.5) is 0 Å². The fourth-order valence-electron chi connectivity index (χ4n) is 2.98. The second kappa shape index (κ2) is 9.91. The van der Waals surface area contributed by atoms with Crippen molar-refractivity contribution < 1.29 is 9.59 Å². The maximum Gasteiger partial charge on any atom is 0.249 e. The number of hydrogen-bond acceptors (Lipinski definition) is 2. The minimum absolute atomic E-state index is 0.104. The molecule has 1 N–H and O–H groups in total. The summed E-state index contributed by atoms with van der Waals surface area (Å²) in [7, 11) is 1.78. The number of nitrogens with zero attached hydrogens (tertiary/aromatic N) is 1. The van der Waals surface area contributed by atoms with E-state index in [-0.39, 0.29) is 17.7 Å². The number of likely N-dealkylation sites (N-methyl/N-ethyl adjacent to an activating group) is 1. The highest BCUT2D eigenvalue weighted by atomic mass is 16.2. The Labute approximate surface area is 162 Å². The van der Waals surface area contributed by atoms with E-state index in [9.17, 15) is 9.59 Å². The van der Waals surface area contributed by atoms with Gasteiger partial charge in [0.2, 0.25) is 11.8 Å². The molecule has 144 valence electrons. The van der Waals surface area contributed by atoms with Crippen molar-refractivity contribution in [2.75, 3.05) is 7.05 Å². The van der Waals surface area contributed by atoms with Crippen LogP contribution in [0.2, 0.25) is 0 Å². The summed E-state index contributed by atoms with van der Waals surface area (Å²) in [6.45, 7) is 6.61. The Morgan fingerprint density at radius 1 is 0.963 bits per heavy atom. The highest BCUT2D eigenvalue weighted by molar-refractivity contribution is 5.88. The Morgan fingerprint density at radius 2 is 1.56 bits per heavy atom. The van der Waals surface area contributed by atoms with Crippen LogP contribution in [0.5, 0.6) is 0 Å². The minimum atomic E-state index is -0.669. The molecule has 0 aliphatic rings. The Bertz CT molecular complexity index is 739. The van der Waals surface area contributed by atoms with E-state index in [0.29, 0.717) is 13.0 Å². The van der Waals surface area contributed by atoms with Gasteiger partial charge in [-0.15, -0.1) is 0 Å². The van der Waals surface area contributed by atoms with E-state index < -0.39 is 6.04 Å². The molecule has 0 heterocycles. The normalized spacial score (nSPS) is 11.9. The summed E-state index contributed by atoms with van der Waals surface area (Å²) in [6, 6.07) is 17.0. The molecule has 0 saturated heterocycles. The molecule has 4 nitrogen and oxygen atoms in total. The first-order valence-corrected chi connectivity index (χ1v) is 9.57. The lowest BCUT2D eigenvalue weighted by atomic mass is 10.0. The van der Waals surface area contributed by atoms with Crippen molar-refractivity contribution in [2.24, 2.45) is 5.92 Å². The molecule has 0 bridgehead atoms. The molecule has 0 aliphatic heterocycles. The average molecular weight is 367 g/mol. The molecule has 0 radical (unpaired) electrons. The van der Waals surface area contributed by atoms with Gasteiger partial charge < -0.3 is 10.2 Å². The Balaban J connectivity index is 2.14. The van der Waals surface area contributed by atoms with Gasteiger partial charge in [-0.05, 0) is 29.0 Å². The quantitative estimate of drug-likeness (QED) is 0.764. The first kappa shape index (κ1) is 20.7. The Morgan fingerprint density at radius 3 is 2.11 bits per heavy atom. The summed E-state index contributed by atoms with van der Waals surface area (Å²) >= 11 is 0. The molecule has 4 heteroatoms. The van der Waals surface area contributed by atoms with Crippen LogP contribution in [-0.2, 0) is 22.6 Å². The fraction of sp³-hybridized carbons (Fsp3) is 0.391. The third kappa shape index (κ3) is 6.24. The molecule has 1 atom stereocenters. The zero-order chi connectivity index (χ0) is 19.8. The molecule has 27 heavy (non-hydrogen) atoms. The smallest absolute Gasteiger partial charge is 0.249 e. The molecule has 0 spiro atoms. The molecule has 0 aromatic heterocycles. The van der Waals surface area contributed by atoms with Gasteiger partial charge in [-0.25, -0.2) is 0 Å². The average Bonchev–Trinajstić information content (AvgIpc) is 2.66. The summed E-state index contributed by atoms with van der Waals surface area (Å²) in [4.78, 5) is 27.1. The van der Waals surface area contributed by atoms with Crippen molar-refractivity contribution in [3.63, 3.8) is 0 Å². The van der Waals surface area contributed by atoms with Crippen molar-refractivity contribution in [2.45, 2.75) is 46.2 Å². The van der Waals surface area contributed by atoms with Gasteiger partial charge in [0.1, 0.15) is 6.04 Å². The predicted octanol–water partition coefficient (Wildman–Crippen LogP) is 4.11. The standard InChI is InChI=1S/C23H30N2O2/c1-5-18-11-13-19(14-12-18)16-25(4)23(27)22(20-9-7-6-8-10-20)24-21(26)15-17(2)3/h6-14,17,22H,5,15-16H2,1-4H3,(H,24,26). The molecule has 2 amide bonds. The molecule has 1 unspecified atom stereocenters. The monoisotopic (exact) mass is 366 g/mol. The maximum absolute atomic E-state index is 13.1. The highest BCUT2D eigenvalue weighted by Crippen LogP contribution is 2.18. The molecule has 0 aliphatic carbocycles. The first-order valence-electron chi connectivity index (χ1n) is 9.57. The lowest BCUT2D eigenvalue weighted by Gasteiger charge is -2.25. The van der Waals surface area contributed by atoms with Crippen LogP contribution >= 0.6 is 0 Å². The SMILES string of the molecule is CCc1ccc(CN(C)C(=O)C(NC(=O)CC(C)C)c2ccccc2)cc1. The van der Waals surface area contributed by atoms with Crippen molar-refractivity contribution in [3.8, 4) is 0 Å². The Kier molecular flexibility index (Phi) is 7.59. The zero-order valence-corrected chi connectivity index (χ0v) is 16.7. The van der Waals surface area contributed by atoms with E-state index in [1.54, 1.807) is 11.9 Å². The van der Waals surface area contributed by atoms with E-state index in [1.807, 2.05) is 44.2 Å². The lowest BCUT2D eigenvalue weighted by Crippen LogP contribution is -2.41. The molecule has 2 rings (SSSR count). The third-order valence-corrected chi connectivity index (χ3v) is 4.51. The van der Waals surface area contributed by atoms with Gasteiger partial charge in [-0.1, -0.05) is 75.4 Å². The van der Waals surface area contributed by atoms with E-state index in [0.717, 1.165) is 17.5 Å². The second-order valence-corrected chi connectivity index (χ2v) is 7.37. The predicted molar refractivity (Wildman–Crippen MR) is 109 cm³/mol. The van der Waals surface area contributed by atoms with Crippen LogP contribution in [0.25, 0.3) is 0 Å². The van der Waals surface area contributed by atoms with E-state index in [4.69, 9.17) is 0 Å². The lowest BCUT2D eigenvalue weighted by molar-refractivity contribution is -0.136. The second-order valence-electron chi connectivity index (χ2n) is 7.37. The molecule has 2 aromatic rings. The van der Waals surface area contributed by atoms with Gasteiger partial charge >= 0.3 is 0 Å². The van der Waals surface area contributed by atoms with E-state index in [1.165, 1.54) is 5.56 Å². The number of aryl methyl sites for hydroxylation is 1. The molecular weight excluding hydrogens is 336 g/mol. The van der Waals surface area contributed by atoms with Crippen LogP contribution in [0, 0.1) is 5.92 Å². The zero-order valence-electron chi connectivity index (χ0n) is 16.7. The van der Waals surface area contributed by atoms with Gasteiger partial charge in [0.25, 0.3) is 0 Å². The van der Waals surface area contributed by atoms with Crippen LogP contribution in [-0.4, -0.2) is 23.8 Å². The van der Waals surface area contributed by atoms with Gasteiger partial charge in [0.15, 0.2) is 0 Å². The van der Waals surface area contributed by atoms with Crippen molar-refractivity contribution in [1.29, 1.82) is 0 Å². The van der Waals surface area contributed by atoms with Gasteiger partial charge in [0.05, 0.1) is 0 Å². The summed E-state index contributed by atoms with van der Waals surface area (Å²) < 4.78 is 0. The van der Waals surface area contributed by atoms with Gasteiger partial charge in [-0.3, -0.25) is 9.59 Å². The number of benzene rings is 2. The highest BCUT2D eigenvalue weighted by Gasteiger charge is 2.25.